The number of esters is 1. The van der Waals surface area contributed by atoms with Gasteiger partial charge >= 0.3 is 5.97 Å². The lowest BCUT2D eigenvalue weighted by molar-refractivity contribution is 0.0465. The second kappa shape index (κ2) is 7.23. The zero-order valence-electron chi connectivity index (χ0n) is 16.0. The summed E-state index contributed by atoms with van der Waals surface area (Å²) in [5, 5.41) is 4.50. The molecule has 28 heavy (non-hydrogen) atoms. The standard InChI is InChI=1S/C22H20N4O2/c1-14-20(24-19-12-8-7-11-18(19)23-14)13-28-22(27)21-15(2)25-26(16(21)3)17-9-5-4-6-10-17/h4-12H,13H2,1-3H3. The molecule has 6 nitrogen and oxygen atoms in total. The van der Waals surface area contributed by atoms with Gasteiger partial charge in [0.2, 0.25) is 0 Å². The molecule has 0 amide bonds. The molecule has 6 heteroatoms. The van der Waals surface area contributed by atoms with Crippen LogP contribution in [0, 0.1) is 20.8 Å². The second-order valence-electron chi connectivity index (χ2n) is 6.61. The summed E-state index contributed by atoms with van der Waals surface area (Å²) in [6.07, 6.45) is 0. The Morgan fingerprint density at radius 2 is 1.54 bits per heavy atom. The quantitative estimate of drug-likeness (QED) is 0.505. The zero-order valence-corrected chi connectivity index (χ0v) is 16.0. The third-order valence-corrected chi connectivity index (χ3v) is 4.68. The van der Waals surface area contributed by atoms with Gasteiger partial charge in [0, 0.05) is 0 Å². The highest BCUT2D eigenvalue weighted by Gasteiger charge is 2.21. The van der Waals surface area contributed by atoms with Crippen molar-refractivity contribution in [2.45, 2.75) is 27.4 Å². The van der Waals surface area contributed by atoms with Crippen molar-refractivity contribution < 1.29 is 9.53 Å². The van der Waals surface area contributed by atoms with E-state index in [0.29, 0.717) is 17.0 Å². The number of carbonyl (C=O) groups is 1. The third-order valence-electron chi connectivity index (χ3n) is 4.68. The predicted octanol–water partition coefficient (Wildman–Crippen LogP) is 4.10. The van der Waals surface area contributed by atoms with Crippen molar-refractivity contribution in [3.8, 4) is 5.69 Å². The van der Waals surface area contributed by atoms with E-state index in [1.54, 1.807) is 4.68 Å². The summed E-state index contributed by atoms with van der Waals surface area (Å²) in [6.45, 7) is 5.61. The smallest absolute Gasteiger partial charge is 0.342 e. The van der Waals surface area contributed by atoms with Crippen LogP contribution in [0.15, 0.2) is 54.6 Å². The van der Waals surface area contributed by atoms with Gasteiger partial charge in [0.05, 0.1) is 39.5 Å². The summed E-state index contributed by atoms with van der Waals surface area (Å²) in [5.74, 6) is -0.411. The fourth-order valence-corrected chi connectivity index (χ4v) is 3.23. The summed E-state index contributed by atoms with van der Waals surface area (Å²) >= 11 is 0. The highest BCUT2D eigenvalue weighted by Crippen LogP contribution is 2.20. The maximum absolute atomic E-state index is 12.8. The van der Waals surface area contributed by atoms with E-state index in [1.807, 2.05) is 75.4 Å². The summed E-state index contributed by atoms with van der Waals surface area (Å²) in [4.78, 5) is 21.9. The molecule has 0 atom stereocenters. The minimum absolute atomic E-state index is 0.0674. The Balaban J connectivity index is 1.58. The molecule has 0 aliphatic heterocycles. The number of rotatable bonds is 4. The molecule has 4 aromatic rings. The van der Waals surface area contributed by atoms with E-state index in [-0.39, 0.29) is 6.61 Å². The Labute approximate surface area is 162 Å². The van der Waals surface area contributed by atoms with E-state index in [4.69, 9.17) is 4.74 Å². The van der Waals surface area contributed by atoms with Crippen molar-refractivity contribution in [2.24, 2.45) is 0 Å². The molecule has 2 aromatic heterocycles. The average Bonchev–Trinajstić information content (AvgIpc) is 3.01. The van der Waals surface area contributed by atoms with Gasteiger partial charge in [0.1, 0.15) is 12.2 Å². The molecule has 0 fully saturated rings. The van der Waals surface area contributed by atoms with Gasteiger partial charge in [-0.1, -0.05) is 30.3 Å². The molecule has 0 spiro atoms. The number of fused-ring (bicyclic) bond motifs is 1. The van der Waals surface area contributed by atoms with Gasteiger partial charge in [-0.3, -0.25) is 0 Å². The number of aromatic nitrogens is 4. The van der Waals surface area contributed by atoms with Gasteiger partial charge < -0.3 is 4.74 Å². The summed E-state index contributed by atoms with van der Waals surface area (Å²) in [7, 11) is 0. The van der Waals surface area contributed by atoms with E-state index in [9.17, 15) is 4.79 Å². The minimum Gasteiger partial charge on any atom is -0.455 e. The van der Waals surface area contributed by atoms with Crippen LogP contribution in [0.1, 0.15) is 33.1 Å². The zero-order chi connectivity index (χ0) is 19.7. The number of para-hydroxylation sites is 3. The van der Waals surface area contributed by atoms with Gasteiger partial charge in [-0.15, -0.1) is 0 Å². The average molecular weight is 372 g/mol. The lowest BCUT2D eigenvalue weighted by Crippen LogP contribution is -2.10. The molecule has 2 aromatic carbocycles. The third kappa shape index (κ3) is 3.24. The van der Waals surface area contributed by atoms with Crippen LogP contribution < -0.4 is 0 Å². The van der Waals surface area contributed by atoms with E-state index >= 15 is 0 Å². The monoisotopic (exact) mass is 372 g/mol. The van der Waals surface area contributed by atoms with Crippen molar-refractivity contribution in [3.05, 3.63) is 82.9 Å². The summed E-state index contributed by atoms with van der Waals surface area (Å²) < 4.78 is 7.32. The molecule has 2 heterocycles. The summed E-state index contributed by atoms with van der Waals surface area (Å²) in [6, 6.07) is 17.3. The summed E-state index contributed by atoms with van der Waals surface area (Å²) in [5.41, 5.74) is 5.77. The van der Waals surface area contributed by atoms with Gasteiger partial charge in [0.15, 0.2) is 0 Å². The molecule has 0 bridgehead atoms. The second-order valence-corrected chi connectivity index (χ2v) is 6.61. The van der Waals surface area contributed by atoms with Crippen LogP contribution in [0.2, 0.25) is 0 Å². The lowest BCUT2D eigenvalue weighted by atomic mass is 10.2. The molecular formula is C22H20N4O2. The van der Waals surface area contributed by atoms with Gasteiger partial charge in [0.25, 0.3) is 0 Å². The van der Waals surface area contributed by atoms with Crippen LogP contribution in [0.25, 0.3) is 16.7 Å². The van der Waals surface area contributed by atoms with E-state index in [0.717, 1.165) is 28.1 Å². The Hall–Kier alpha value is -3.54. The van der Waals surface area contributed by atoms with E-state index < -0.39 is 5.97 Å². The Kier molecular flexibility index (Phi) is 4.61. The number of ether oxygens (including phenoxy) is 1. The van der Waals surface area contributed by atoms with Crippen LogP contribution in [-0.4, -0.2) is 25.7 Å². The molecule has 0 unspecified atom stereocenters. The van der Waals surface area contributed by atoms with Crippen molar-refractivity contribution in [1.29, 1.82) is 0 Å². The van der Waals surface area contributed by atoms with Crippen LogP contribution in [-0.2, 0) is 11.3 Å². The first kappa shape index (κ1) is 17.9. The molecule has 0 saturated heterocycles. The maximum Gasteiger partial charge on any atom is 0.342 e. The van der Waals surface area contributed by atoms with Crippen molar-refractivity contribution in [3.63, 3.8) is 0 Å². The van der Waals surface area contributed by atoms with Crippen LogP contribution in [0.5, 0.6) is 0 Å². The molecule has 0 aliphatic rings. The number of benzene rings is 2. The molecular weight excluding hydrogens is 352 g/mol. The fraction of sp³-hybridized carbons (Fsp3) is 0.182. The first-order valence-corrected chi connectivity index (χ1v) is 9.05. The van der Waals surface area contributed by atoms with Crippen LogP contribution in [0.4, 0.5) is 0 Å². The van der Waals surface area contributed by atoms with Gasteiger partial charge in [-0.25, -0.2) is 19.4 Å². The van der Waals surface area contributed by atoms with Crippen LogP contribution >= 0.6 is 0 Å². The van der Waals surface area contributed by atoms with E-state index in [1.165, 1.54) is 0 Å². The van der Waals surface area contributed by atoms with Crippen LogP contribution in [0.3, 0.4) is 0 Å². The number of hydrogen-bond acceptors (Lipinski definition) is 5. The first-order chi connectivity index (χ1) is 13.5. The minimum atomic E-state index is -0.411. The topological polar surface area (TPSA) is 69.9 Å². The highest BCUT2D eigenvalue weighted by molar-refractivity contribution is 5.92. The van der Waals surface area contributed by atoms with Crippen molar-refractivity contribution in [2.75, 3.05) is 0 Å². The normalized spacial score (nSPS) is 11.0. The Morgan fingerprint density at radius 1 is 0.893 bits per heavy atom. The molecule has 140 valence electrons. The number of hydrogen-bond donors (Lipinski definition) is 0. The van der Waals surface area contributed by atoms with Gasteiger partial charge in [-0.2, -0.15) is 5.10 Å². The predicted molar refractivity (Wildman–Crippen MR) is 106 cm³/mol. The van der Waals surface area contributed by atoms with Crippen molar-refractivity contribution in [1.82, 2.24) is 19.7 Å². The Bertz CT molecular complexity index is 1170. The van der Waals surface area contributed by atoms with Crippen molar-refractivity contribution >= 4 is 17.0 Å². The maximum atomic E-state index is 12.8. The number of carbonyl (C=O) groups excluding carboxylic acids is 1. The largest absolute Gasteiger partial charge is 0.455 e. The molecule has 0 radical (unpaired) electrons. The van der Waals surface area contributed by atoms with Gasteiger partial charge in [-0.05, 0) is 45.0 Å². The van der Waals surface area contributed by atoms with E-state index in [2.05, 4.69) is 15.1 Å². The molecule has 0 saturated carbocycles. The number of aryl methyl sites for hydroxylation is 2. The Morgan fingerprint density at radius 3 is 2.25 bits per heavy atom. The first-order valence-electron chi connectivity index (χ1n) is 9.05. The molecule has 0 aliphatic carbocycles. The molecule has 4 rings (SSSR count). The highest BCUT2D eigenvalue weighted by atomic mass is 16.5. The molecule has 0 N–H and O–H groups in total. The fourth-order valence-electron chi connectivity index (χ4n) is 3.23. The lowest BCUT2D eigenvalue weighted by Gasteiger charge is -2.08. The number of nitrogens with zero attached hydrogens (tertiary/aromatic N) is 4. The SMILES string of the molecule is Cc1nc2ccccc2nc1COC(=O)c1c(C)nn(-c2ccccc2)c1C.